The van der Waals surface area contributed by atoms with Crippen LogP contribution in [0.2, 0.25) is 0 Å². The van der Waals surface area contributed by atoms with Gasteiger partial charge in [0.25, 0.3) is 0 Å². The zero-order valence-electron chi connectivity index (χ0n) is 10.3. The van der Waals surface area contributed by atoms with Crippen molar-refractivity contribution in [1.29, 1.82) is 0 Å². The maximum atomic E-state index is 12.8. The van der Waals surface area contributed by atoms with Gasteiger partial charge in [-0.3, -0.25) is 10.1 Å². The maximum Gasteiger partial charge on any atom is 0.323 e. The summed E-state index contributed by atoms with van der Waals surface area (Å²) in [5, 5.41) is 12.3. The van der Waals surface area contributed by atoms with E-state index < -0.39 is 11.5 Å². The molecule has 1 rings (SSSR count). The van der Waals surface area contributed by atoms with Crippen LogP contribution < -0.4 is 5.32 Å². The molecule has 1 atom stereocenters. The van der Waals surface area contributed by atoms with Gasteiger partial charge in [-0.25, -0.2) is 4.39 Å². The molecule has 0 bridgehead atoms. The minimum absolute atomic E-state index is 0.0662. The molecule has 2 N–H and O–H groups in total. The average molecular weight is 239 g/mol. The molecule has 1 unspecified atom stereocenters. The van der Waals surface area contributed by atoms with Crippen LogP contribution in [0.25, 0.3) is 0 Å². The second-order valence-corrected chi connectivity index (χ2v) is 4.74. The van der Waals surface area contributed by atoms with Crippen molar-refractivity contribution in [1.82, 2.24) is 5.32 Å². The van der Waals surface area contributed by atoms with Crippen molar-refractivity contribution in [2.24, 2.45) is 0 Å². The monoisotopic (exact) mass is 239 g/mol. The van der Waals surface area contributed by atoms with E-state index in [0.29, 0.717) is 6.42 Å². The third-order valence-corrected chi connectivity index (χ3v) is 2.55. The van der Waals surface area contributed by atoms with Gasteiger partial charge in [-0.2, -0.15) is 0 Å². The Labute approximate surface area is 101 Å². The lowest BCUT2D eigenvalue weighted by molar-refractivity contribution is -0.144. The number of rotatable bonds is 5. The third kappa shape index (κ3) is 3.82. The molecule has 0 aliphatic carbocycles. The van der Waals surface area contributed by atoms with Crippen molar-refractivity contribution in [2.75, 3.05) is 0 Å². The Kier molecular flexibility index (Phi) is 4.23. The van der Waals surface area contributed by atoms with Crippen LogP contribution in [-0.2, 0) is 11.2 Å². The van der Waals surface area contributed by atoms with Crippen molar-refractivity contribution in [2.45, 2.75) is 38.8 Å². The number of nitrogens with one attached hydrogen (secondary N) is 1. The molecular formula is C13H18FNO2. The molecule has 1 aromatic rings. The summed E-state index contributed by atoms with van der Waals surface area (Å²) >= 11 is 0. The Morgan fingerprint density at radius 3 is 2.35 bits per heavy atom. The Balaban J connectivity index is 2.86. The van der Waals surface area contributed by atoms with Crippen LogP contribution in [0.1, 0.15) is 26.3 Å². The molecule has 94 valence electrons. The van der Waals surface area contributed by atoms with Crippen LogP contribution in [0.4, 0.5) is 4.39 Å². The van der Waals surface area contributed by atoms with Gasteiger partial charge < -0.3 is 5.11 Å². The summed E-state index contributed by atoms with van der Waals surface area (Å²) < 4.78 is 12.8. The highest BCUT2D eigenvalue weighted by atomic mass is 19.1. The number of carbonyl (C=O) groups is 1. The molecular weight excluding hydrogens is 221 g/mol. The second-order valence-electron chi connectivity index (χ2n) is 4.74. The van der Waals surface area contributed by atoms with Crippen LogP contribution in [0.15, 0.2) is 24.3 Å². The number of aliphatic carboxylic acids is 1. The zero-order chi connectivity index (χ0) is 13.1. The van der Waals surface area contributed by atoms with E-state index in [2.05, 4.69) is 5.32 Å². The summed E-state index contributed by atoms with van der Waals surface area (Å²) in [5.41, 5.74) is -0.240. The van der Waals surface area contributed by atoms with E-state index in [4.69, 9.17) is 0 Å². The predicted molar refractivity (Wildman–Crippen MR) is 64.4 cm³/mol. The number of benzene rings is 1. The van der Waals surface area contributed by atoms with Gasteiger partial charge in [-0.1, -0.05) is 12.1 Å². The molecule has 0 heterocycles. The summed E-state index contributed by atoms with van der Waals surface area (Å²) in [4.78, 5) is 11.3. The van der Waals surface area contributed by atoms with Crippen LogP contribution in [-0.4, -0.2) is 22.7 Å². The molecule has 4 heteroatoms. The molecule has 0 aliphatic rings. The van der Waals surface area contributed by atoms with Crippen molar-refractivity contribution in [3.05, 3.63) is 35.6 Å². The second kappa shape index (κ2) is 5.27. The third-order valence-electron chi connectivity index (χ3n) is 2.55. The SMILES string of the molecule is CC(C)NC(C)(Cc1ccc(F)cc1)C(=O)O. The Hall–Kier alpha value is -1.42. The molecule has 0 radical (unpaired) electrons. The maximum absolute atomic E-state index is 12.8. The fourth-order valence-corrected chi connectivity index (χ4v) is 1.84. The van der Waals surface area contributed by atoms with Gasteiger partial charge in [0.05, 0.1) is 0 Å². The number of carboxylic acid groups (broad SMARTS) is 1. The van der Waals surface area contributed by atoms with E-state index >= 15 is 0 Å². The van der Waals surface area contributed by atoms with E-state index in [1.54, 1.807) is 19.1 Å². The van der Waals surface area contributed by atoms with Crippen LogP contribution in [0, 0.1) is 5.82 Å². The van der Waals surface area contributed by atoms with Crippen molar-refractivity contribution in [3.63, 3.8) is 0 Å². The van der Waals surface area contributed by atoms with Gasteiger partial charge in [0.2, 0.25) is 0 Å². The van der Waals surface area contributed by atoms with Gasteiger partial charge >= 0.3 is 5.97 Å². The van der Waals surface area contributed by atoms with E-state index in [1.807, 2.05) is 13.8 Å². The lowest BCUT2D eigenvalue weighted by Gasteiger charge is -2.28. The molecule has 17 heavy (non-hydrogen) atoms. The summed E-state index contributed by atoms with van der Waals surface area (Å²) in [6.07, 6.45) is 0.320. The zero-order valence-corrected chi connectivity index (χ0v) is 10.3. The predicted octanol–water partition coefficient (Wildman–Crippen LogP) is 2.21. The number of hydrogen-bond acceptors (Lipinski definition) is 2. The van der Waals surface area contributed by atoms with Crippen LogP contribution in [0.3, 0.4) is 0 Å². The molecule has 0 amide bonds. The van der Waals surface area contributed by atoms with Crippen LogP contribution in [0.5, 0.6) is 0 Å². The molecule has 0 fully saturated rings. The van der Waals surface area contributed by atoms with Gasteiger partial charge in [-0.15, -0.1) is 0 Å². The number of carboxylic acids is 1. The molecule has 0 spiro atoms. The van der Waals surface area contributed by atoms with Gasteiger partial charge in [0.15, 0.2) is 0 Å². The van der Waals surface area contributed by atoms with E-state index in [9.17, 15) is 14.3 Å². The first-order valence-electron chi connectivity index (χ1n) is 5.59. The van der Waals surface area contributed by atoms with E-state index in [0.717, 1.165) is 5.56 Å². The minimum atomic E-state index is -1.04. The van der Waals surface area contributed by atoms with Crippen molar-refractivity contribution < 1.29 is 14.3 Å². The summed E-state index contributed by atoms with van der Waals surface area (Å²) in [7, 11) is 0. The fraction of sp³-hybridized carbons (Fsp3) is 0.462. The minimum Gasteiger partial charge on any atom is -0.480 e. The van der Waals surface area contributed by atoms with Crippen LogP contribution >= 0.6 is 0 Å². The fourth-order valence-electron chi connectivity index (χ4n) is 1.84. The lowest BCUT2D eigenvalue weighted by Crippen LogP contribution is -2.53. The summed E-state index contributed by atoms with van der Waals surface area (Å²) in [6.45, 7) is 5.43. The summed E-state index contributed by atoms with van der Waals surface area (Å²) in [5.74, 6) is -1.22. The molecule has 0 saturated heterocycles. The smallest absolute Gasteiger partial charge is 0.323 e. The Morgan fingerprint density at radius 2 is 1.94 bits per heavy atom. The Morgan fingerprint density at radius 1 is 1.41 bits per heavy atom. The molecule has 0 aliphatic heterocycles. The normalized spacial score (nSPS) is 14.6. The molecule has 0 saturated carbocycles. The van der Waals surface area contributed by atoms with Gasteiger partial charge in [-0.05, 0) is 38.5 Å². The number of halogens is 1. The van der Waals surface area contributed by atoms with Gasteiger partial charge in [0.1, 0.15) is 11.4 Å². The lowest BCUT2D eigenvalue weighted by atomic mass is 9.92. The Bertz CT molecular complexity index is 389. The number of hydrogen-bond donors (Lipinski definition) is 2. The molecule has 3 nitrogen and oxygen atoms in total. The largest absolute Gasteiger partial charge is 0.480 e. The first-order valence-corrected chi connectivity index (χ1v) is 5.59. The highest BCUT2D eigenvalue weighted by molar-refractivity contribution is 5.78. The average Bonchev–Trinajstić information content (AvgIpc) is 2.20. The van der Waals surface area contributed by atoms with E-state index in [-0.39, 0.29) is 11.9 Å². The standard InChI is InChI=1S/C13H18FNO2/c1-9(2)15-13(3,12(16)17)8-10-4-6-11(14)7-5-10/h4-7,9,15H,8H2,1-3H3,(H,16,17). The highest BCUT2D eigenvalue weighted by Crippen LogP contribution is 2.15. The molecule has 1 aromatic carbocycles. The highest BCUT2D eigenvalue weighted by Gasteiger charge is 2.33. The van der Waals surface area contributed by atoms with Crippen molar-refractivity contribution in [3.8, 4) is 0 Å². The topological polar surface area (TPSA) is 49.3 Å². The van der Waals surface area contributed by atoms with Gasteiger partial charge in [0, 0.05) is 12.5 Å². The van der Waals surface area contributed by atoms with E-state index in [1.165, 1.54) is 12.1 Å². The first kappa shape index (κ1) is 13.6. The molecule has 0 aromatic heterocycles. The summed E-state index contributed by atoms with van der Waals surface area (Å²) in [6, 6.07) is 5.97. The quantitative estimate of drug-likeness (QED) is 0.828. The van der Waals surface area contributed by atoms with Crippen molar-refractivity contribution >= 4 is 5.97 Å². The first-order chi connectivity index (χ1) is 7.83.